The van der Waals surface area contributed by atoms with E-state index in [-0.39, 0.29) is 17.9 Å². The maximum atomic E-state index is 13.2. The molecule has 1 unspecified atom stereocenters. The predicted octanol–water partition coefficient (Wildman–Crippen LogP) is 3.18. The molecule has 1 fully saturated rings. The summed E-state index contributed by atoms with van der Waals surface area (Å²) in [6.07, 6.45) is 0. The van der Waals surface area contributed by atoms with Crippen LogP contribution in [0.3, 0.4) is 0 Å². The number of imide groups is 1. The molecule has 31 heavy (non-hydrogen) atoms. The number of amides is 4. The maximum Gasteiger partial charge on any atom is 0.325 e. The van der Waals surface area contributed by atoms with Crippen LogP contribution in [0.5, 0.6) is 5.75 Å². The summed E-state index contributed by atoms with van der Waals surface area (Å²) < 4.78 is 5.59. The maximum absolute atomic E-state index is 13.2. The fraction of sp³-hybridized carbons (Fsp3) is 0.375. The summed E-state index contributed by atoms with van der Waals surface area (Å²) in [7, 11) is 0. The average molecular weight is 421 g/mol. The van der Waals surface area contributed by atoms with Gasteiger partial charge in [0.25, 0.3) is 5.91 Å². The molecule has 2 aliphatic heterocycles. The molecule has 4 rings (SSSR count). The van der Waals surface area contributed by atoms with Crippen molar-refractivity contribution in [1.82, 2.24) is 10.2 Å². The molecule has 0 bridgehead atoms. The number of nitrogens with one attached hydrogen (secondary N) is 1. The van der Waals surface area contributed by atoms with Crippen LogP contribution in [0.4, 0.5) is 10.5 Å². The molecule has 2 heterocycles. The van der Waals surface area contributed by atoms with Gasteiger partial charge in [-0.15, -0.1) is 0 Å². The van der Waals surface area contributed by atoms with Gasteiger partial charge < -0.3 is 15.0 Å². The van der Waals surface area contributed by atoms with Crippen LogP contribution < -0.4 is 15.0 Å². The van der Waals surface area contributed by atoms with E-state index in [1.165, 1.54) is 0 Å². The van der Waals surface area contributed by atoms with Crippen molar-refractivity contribution < 1.29 is 19.1 Å². The molecule has 0 aliphatic carbocycles. The highest BCUT2D eigenvalue weighted by Crippen LogP contribution is 2.33. The molecule has 4 amide bonds. The number of benzene rings is 2. The molecule has 0 aromatic heterocycles. The Balaban J connectivity index is 1.54. The zero-order valence-corrected chi connectivity index (χ0v) is 18.3. The largest absolute Gasteiger partial charge is 0.490 e. The molecule has 1 atom stereocenters. The highest BCUT2D eigenvalue weighted by Gasteiger charge is 2.50. The Kier molecular flexibility index (Phi) is 5.00. The highest BCUT2D eigenvalue weighted by atomic mass is 16.5. The fourth-order valence-electron chi connectivity index (χ4n) is 3.99. The third-order valence-electron chi connectivity index (χ3n) is 5.93. The normalized spacial score (nSPS) is 20.9. The third-order valence-corrected chi connectivity index (χ3v) is 5.93. The molecule has 7 heteroatoms. The van der Waals surface area contributed by atoms with Gasteiger partial charge in [0.2, 0.25) is 5.91 Å². The van der Waals surface area contributed by atoms with Crippen LogP contribution in [0.25, 0.3) is 0 Å². The lowest BCUT2D eigenvalue weighted by Crippen LogP contribution is -2.46. The van der Waals surface area contributed by atoms with Crippen LogP contribution in [0.15, 0.2) is 48.5 Å². The number of fused-ring (bicyclic) bond motifs is 1. The quantitative estimate of drug-likeness (QED) is 0.772. The zero-order chi connectivity index (χ0) is 22.4. The first-order valence-electron chi connectivity index (χ1n) is 10.4. The number of hydrogen-bond acceptors (Lipinski definition) is 4. The molecule has 0 spiro atoms. The van der Waals surface area contributed by atoms with Gasteiger partial charge in [0, 0.05) is 0 Å². The van der Waals surface area contributed by atoms with Crippen molar-refractivity contribution in [3.05, 3.63) is 59.7 Å². The van der Waals surface area contributed by atoms with Crippen molar-refractivity contribution in [3.8, 4) is 5.75 Å². The minimum absolute atomic E-state index is 0.0186. The van der Waals surface area contributed by atoms with Gasteiger partial charge in [0.05, 0.1) is 12.2 Å². The summed E-state index contributed by atoms with van der Waals surface area (Å²) in [6, 6.07) is 14.3. The lowest BCUT2D eigenvalue weighted by molar-refractivity contribution is -0.134. The van der Waals surface area contributed by atoms with Crippen LogP contribution in [0.1, 0.15) is 38.8 Å². The topological polar surface area (TPSA) is 79.0 Å². The molecular weight excluding hydrogens is 394 g/mol. The molecule has 2 aliphatic rings. The monoisotopic (exact) mass is 421 g/mol. The van der Waals surface area contributed by atoms with E-state index in [9.17, 15) is 14.4 Å². The smallest absolute Gasteiger partial charge is 0.325 e. The van der Waals surface area contributed by atoms with Gasteiger partial charge in [-0.25, -0.2) is 4.79 Å². The van der Waals surface area contributed by atoms with E-state index in [1.807, 2.05) is 36.4 Å². The van der Waals surface area contributed by atoms with Gasteiger partial charge in [0.15, 0.2) is 0 Å². The summed E-state index contributed by atoms with van der Waals surface area (Å²) >= 11 is 0. The minimum Gasteiger partial charge on any atom is -0.490 e. The van der Waals surface area contributed by atoms with E-state index >= 15 is 0 Å². The first-order valence-corrected chi connectivity index (χ1v) is 10.4. The van der Waals surface area contributed by atoms with Gasteiger partial charge in [0.1, 0.15) is 24.4 Å². The number of ether oxygens (including phenoxy) is 1. The summed E-state index contributed by atoms with van der Waals surface area (Å²) in [6.45, 7) is 8.42. The Morgan fingerprint density at radius 3 is 2.45 bits per heavy atom. The number of carbonyl (C=O) groups is 3. The van der Waals surface area contributed by atoms with Gasteiger partial charge in [-0.2, -0.15) is 0 Å². The van der Waals surface area contributed by atoms with Gasteiger partial charge in [-0.3, -0.25) is 14.5 Å². The molecule has 7 nitrogen and oxygen atoms in total. The Hall–Kier alpha value is -3.35. The first kappa shape index (κ1) is 20.9. The summed E-state index contributed by atoms with van der Waals surface area (Å²) in [5.41, 5.74) is 1.23. The third kappa shape index (κ3) is 3.65. The lowest BCUT2D eigenvalue weighted by atomic mass is 9.84. The van der Waals surface area contributed by atoms with Crippen LogP contribution in [-0.4, -0.2) is 42.4 Å². The van der Waals surface area contributed by atoms with Crippen molar-refractivity contribution in [2.45, 2.75) is 38.6 Å². The van der Waals surface area contributed by atoms with Crippen LogP contribution in [0, 0.1) is 0 Å². The van der Waals surface area contributed by atoms with Crippen LogP contribution in [-0.2, 0) is 20.5 Å². The molecular formula is C24H27N3O4. The van der Waals surface area contributed by atoms with E-state index in [0.717, 1.165) is 10.5 Å². The summed E-state index contributed by atoms with van der Waals surface area (Å²) in [5.74, 6) is -0.148. The SMILES string of the molecule is CC(C)(C)c1ccc(C2(C)NC(=O)N(CC(=O)N3CCOc4ccccc43)C2=O)cc1. The van der Waals surface area contributed by atoms with Crippen LogP contribution in [0.2, 0.25) is 0 Å². The van der Waals surface area contributed by atoms with Gasteiger partial charge >= 0.3 is 6.03 Å². The number of carbonyl (C=O) groups excluding carboxylic acids is 3. The average Bonchev–Trinajstić information content (AvgIpc) is 2.96. The van der Waals surface area contributed by atoms with Gasteiger partial charge in [-0.05, 0) is 35.6 Å². The number of rotatable bonds is 3. The lowest BCUT2D eigenvalue weighted by Gasteiger charge is -2.30. The Morgan fingerprint density at radius 1 is 1.10 bits per heavy atom. The Labute approximate surface area is 182 Å². The van der Waals surface area contributed by atoms with Crippen molar-refractivity contribution in [2.24, 2.45) is 0 Å². The van der Waals surface area contributed by atoms with Crippen molar-refractivity contribution in [3.63, 3.8) is 0 Å². The van der Waals surface area contributed by atoms with Crippen molar-refractivity contribution >= 4 is 23.5 Å². The summed E-state index contributed by atoms with van der Waals surface area (Å²) in [5, 5.41) is 2.77. The number of urea groups is 1. The molecule has 0 saturated carbocycles. The molecule has 2 aromatic carbocycles. The van der Waals surface area contributed by atoms with Crippen molar-refractivity contribution in [1.29, 1.82) is 0 Å². The van der Waals surface area contributed by atoms with E-state index < -0.39 is 17.5 Å². The van der Waals surface area contributed by atoms with Crippen molar-refractivity contribution in [2.75, 3.05) is 24.6 Å². The van der Waals surface area contributed by atoms with E-state index in [1.54, 1.807) is 24.0 Å². The molecule has 1 saturated heterocycles. The van der Waals surface area contributed by atoms with E-state index in [0.29, 0.717) is 30.2 Å². The molecule has 1 N–H and O–H groups in total. The van der Waals surface area contributed by atoms with Crippen LogP contribution >= 0.6 is 0 Å². The highest BCUT2D eigenvalue weighted by molar-refractivity contribution is 6.10. The summed E-state index contributed by atoms with van der Waals surface area (Å²) in [4.78, 5) is 41.5. The van der Waals surface area contributed by atoms with E-state index in [2.05, 4.69) is 26.1 Å². The zero-order valence-electron chi connectivity index (χ0n) is 18.3. The number of anilines is 1. The standard InChI is InChI=1S/C24H27N3O4/c1-23(2,3)16-9-11-17(12-10-16)24(4)21(29)27(22(30)25-24)15-20(28)26-13-14-31-19-8-6-5-7-18(19)26/h5-12H,13-15H2,1-4H3,(H,25,30). The number of para-hydroxylation sites is 2. The second-order valence-corrected chi connectivity index (χ2v) is 9.14. The van der Waals surface area contributed by atoms with E-state index in [4.69, 9.17) is 4.74 Å². The second kappa shape index (κ2) is 7.41. The molecule has 0 radical (unpaired) electrons. The number of hydrogen-bond donors (Lipinski definition) is 1. The number of nitrogens with zero attached hydrogens (tertiary/aromatic N) is 2. The predicted molar refractivity (Wildman–Crippen MR) is 117 cm³/mol. The minimum atomic E-state index is -1.21. The molecule has 2 aromatic rings. The Morgan fingerprint density at radius 2 is 1.77 bits per heavy atom. The first-order chi connectivity index (χ1) is 14.6. The Bertz CT molecular complexity index is 1040. The second-order valence-electron chi connectivity index (χ2n) is 9.14. The van der Waals surface area contributed by atoms with Gasteiger partial charge in [-0.1, -0.05) is 57.2 Å². The fourth-order valence-corrected chi connectivity index (χ4v) is 3.99. The molecule has 162 valence electrons.